The van der Waals surface area contributed by atoms with Gasteiger partial charge in [-0.1, -0.05) is 20.3 Å². The molecule has 1 aliphatic rings. The summed E-state index contributed by atoms with van der Waals surface area (Å²) < 4.78 is 52.4. The minimum Gasteiger partial charge on any atom is -0.315 e. The SMILES string of the molecule is CNC1C(S(=O)(=O)c2ccc(F)cc2F)CCCC1(C)C. The third-order valence-corrected chi connectivity index (χ3v) is 6.68. The van der Waals surface area contributed by atoms with Crippen LogP contribution in [0.5, 0.6) is 0 Å². The topological polar surface area (TPSA) is 46.2 Å². The number of halogens is 2. The molecule has 1 N–H and O–H groups in total. The maximum Gasteiger partial charge on any atom is 0.185 e. The van der Waals surface area contributed by atoms with Gasteiger partial charge in [-0.15, -0.1) is 0 Å². The Labute approximate surface area is 124 Å². The second-order valence-electron chi connectivity index (χ2n) is 6.31. The van der Waals surface area contributed by atoms with Crippen LogP contribution in [-0.4, -0.2) is 26.8 Å². The van der Waals surface area contributed by atoms with Gasteiger partial charge >= 0.3 is 0 Å². The molecule has 0 heterocycles. The average molecular weight is 317 g/mol. The van der Waals surface area contributed by atoms with Gasteiger partial charge in [-0.2, -0.15) is 0 Å². The number of rotatable bonds is 3. The van der Waals surface area contributed by atoms with Gasteiger partial charge in [-0.3, -0.25) is 0 Å². The molecule has 0 bridgehead atoms. The Bertz CT molecular complexity index is 629. The van der Waals surface area contributed by atoms with Crippen LogP contribution < -0.4 is 5.32 Å². The van der Waals surface area contributed by atoms with Crippen molar-refractivity contribution in [1.82, 2.24) is 5.32 Å². The second kappa shape index (κ2) is 5.65. The van der Waals surface area contributed by atoms with E-state index in [0.717, 1.165) is 25.0 Å². The Morgan fingerprint density at radius 1 is 1.29 bits per heavy atom. The van der Waals surface area contributed by atoms with Crippen LogP contribution in [0.25, 0.3) is 0 Å². The first-order valence-electron chi connectivity index (χ1n) is 7.06. The lowest BCUT2D eigenvalue weighted by Gasteiger charge is -2.43. The third kappa shape index (κ3) is 2.97. The van der Waals surface area contributed by atoms with Crippen molar-refractivity contribution in [3.8, 4) is 0 Å². The van der Waals surface area contributed by atoms with Gasteiger partial charge in [0.1, 0.15) is 16.5 Å². The van der Waals surface area contributed by atoms with Gasteiger partial charge in [0, 0.05) is 12.1 Å². The summed E-state index contributed by atoms with van der Waals surface area (Å²) in [5, 5.41) is 2.37. The Morgan fingerprint density at radius 2 is 1.95 bits per heavy atom. The van der Waals surface area contributed by atoms with Gasteiger partial charge in [0.2, 0.25) is 0 Å². The fraction of sp³-hybridized carbons (Fsp3) is 0.600. The molecule has 6 heteroatoms. The molecule has 2 atom stereocenters. The van der Waals surface area contributed by atoms with Crippen molar-refractivity contribution in [1.29, 1.82) is 0 Å². The Kier molecular flexibility index (Phi) is 4.40. The zero-order valence-electron chi connectivity index (χ0n) is 12.5. The number of hydrogen-bond acceptors (Lipinski definition) is 3. The average Bonchev–Trinajstić information content (AvgIpc) is 2.36. The summed E-state index contributed by atoms with van der Waals surface area (Å²) in [7, 11) is -2.12. The molecular formula is C15H21F2NO2S. The van der Waals surface area contributed by atoms with Crippen LogP contribution in [0.4, 0.5) is 8.78 Å². The summed E-state index contributed by atoms with van der Waals surface area (Å²) >= 11 is 0. The molecule has 0 aliphatic heterocycles. The standard InChI is InChI=1S/C15H21F2NO2S/c1-15(2)8-4-5-13(14(15)18-3)21(19,20)12-7-6-10(16)9-11(12)17/h6-7,9,13-14,18H,4-5,8H2,1-3H3. The predicted octanol–water partition coefficient (Wildman–Crippen LogP) is 2.91. The highest BCUT2D eigenvalue weighted by Crippen LogP contribution is 2.40. The Balaban J connectivity index is 2.47. The molecule has 2 rings (SSSR count). The van der Waals surface area contributed by atoms with Crippen molar-refractivity contribution in [2.45, 2.75) is 49.3 Å². The summed E-state index contributed by atoms with van der Waals surface area (Å²) in [4.78, 5) is -0.410. The highest BCUT2D eigenvalue weighted by molar-refractivity contribution is 7.92. The zero-order chi connectivity index (χ0) is 15.8. The normalized spacial score (nSPS) is 25.8. The van der Waals surface area contributed by atoms with E-state index in [4.69, 9.17) is 0 Å². The molecule has 1 aromatic rings. The van der Waals surface area contributed by atoms with Gasteiger partial charge in [-0.25, -0.2) is 17.2 Å². The zero-order valence-corrected chi connectivity index (χ0v) is 13.3. The van der Waals surface area contributed by atoms with E-state index in [-0.39, 0.29) is 11.5 Å². The van der Waals surface area contributed by atoms with Crippen molar-refractivity contribution >= 4 is 9.84 Å². The first kappa shape index (κ1) is 16.4. The summed E-state index contributed by atoms with van der Waals surface area (Å²) in [6, 6.07) is 2.36. The number of nitrogens with one attached hydrogen (secondary N) is 1. The van der Waals surface area contributed by atoms with Crippen LogP contribution in [0.3, 0.4) is 0 Å². The van der Waals surface area contributed by atoms with E-state index in [0.29, 0.717) is 12.5 Å². The molecule has 0 spiro atoms. The Morgan fingerprint density at radius 3 is 2.52 bits per heavy atom. The highest BCUT2D eigenvalue weighted by atomic mass is 32.2. The quantitative estimate of drug-likeness (QED) is 0.872. The third-order valence-electron chi connectivity index (χ3n) is 4.43. The molecule has 0 radical (unpaired) electrons. The Hall–Kier alpha value is -1.01. The fourth-order valence-electron chi connectivity index (χ4n) is 3.36. The molecule has 0 amide bonds. The lowest BCUT2D eigenvalue weighted by Crippen LogP contribution is -2.54. The van der Waals surface area contributed by atoms with Crippen molar-refractivity contribution in [3.05, 3.63) is 29.8 Å². The maximum absolute atomic E-state index is 13.9. The molecule has 1 aromatic carbocycles. The van der Waals surface area contributed by atoms with E-state index in [9.17, 15) is 17.2 Å². The van der Waals surface area contributed by atoms with E-state index in [1.54, 1.807) is 7.05 Å². The number of sulfone groups is 1. The molecule has 0 saturated heterocycles. The predicted molar refractivity (Wildman–Crippen MR) is 77.8 cm³/mol. The molecule has 1 fully saturated rings. The van der Waals surface area contributed by atoms with Gasteiger partial charge in [0.15, 0.2) is 9.84 Å². The molecule has 21 heavy (non-hydrogen) atoms. The summed E-state index contributed by atoms with van der Waals surface area (Å²) in [5.74, 6) is -1.80. The molecule has 1 aliphatic carbocycles. The van der Waals surface area contributed by atoms with Gasteiger partial charge in [0.05, 0.1) is 5.25 Å². The molecule has 1 saturated carbocycles. The van der Waals surface area contributed by atoms with Crippen LogP contribution in [0.15, 0.2) is 23.1 Å². The van der Waals surface area contributed by atoms with E-state index in [1.165, 1.54) is 0 Å². The van der Waals surface area contributed by atoms with Crippen molar-refractivity contribution in [2.75, 3.05) is 7.05 Å². The van der Waals surface area contributed by atoms with Crippen molar-refractivity contribution < 1.29 is 17.2 Å². The van der Waals surface area contributed by atoms with E-state index >= 15 is 0 Å². The monoisotopic (exact) mass is 317 g/mol. The van der Waals surface area contributed by atoms with Crippen molar-refractivity contribution in [2.24, 2.45) is 5.41 Å². The lowest BCUT2D eigenvalue weighted by atomic mass is 9.73. The van der Waals surface area contributed by atoms with Gasteiger partial charge in [0.25, 0.3) is 0 Å². The maximum atomic E-state index is 13.9. The van der Waals surface area contributed by atoms with E-state index in [1.807, 2.05) is 13.8 Å². The fourth-order valence-corrected chi connectivity index (χ4v) is 5.62. The minimum absolute atomic E-state index is 0.193. The first-order valence-corrected chi connectivity index (χ1v) is 8.61. The van der Waals surface area contributed by atoms with Gasteiger partial charge < -0.3 is 5.32 Å². The second-order valence-corrected chi connectivity index (χ2v) is 8.44. The van der Waals surface area contributed by atoms with Crippen LogP contribution >= 0.6 is 0 Å². The van der Waals surface area contributed by atoms with E-state index in [2.05, 4.69) is 5.32 Å². The largest absolute Gasteiger partial charge is 0.315 e. The van der Waals surface area contributed by atoms with Gasteiger partial charge in [-0.05, 0) is 37.4 Å². The summed E-state index contributed by atoms with van der Waals surface area (Å²) in [5.41, 5.74) is -0.193. The van der Waals surface area contributed by atoms with Crippen LogP contribution in [0.1, 0.15) is 33.1 Å². The summed E-state index contributed by atoms with van der Waals surface area (Å²) in [6.45, 7) is 4.02. The first-order chi connectivity index (χ1) is 9.70. The van der Waals surface area contributed by atoms with Crippen molar-refractivity contribution in [3.63, 3.8) is 0 Å². The van der Waals surface area contributed by atoms with Crippen LogP contribution in [-0.2, 0) is 9.84 Å². The smallest absolute Gasteiger partial charge is 0.185 e. The van der Waals surface area contributed by atoms with Crippen LogP contribution in [0.2, 0.25) is 0 Å². The molecule has 0 aromatic heterocycles. The number of benzene rings is 1. The van der Waals surface area contributed by atoms with Crippen LogP contribution in [0, 0.1) is 17.0 Å². The molecule has 3 nitrogen and oxygen atoms in total. The minimum atomic E-state index is -3.85. The lowest BCUT2D eigenvalue weighted by molar-refractivity contribution is 0.178. The molecule has 2 unspecified atom stereocenters. The molecular weight excluding hydrogens is 296 g/mol. The highest BCUT2D eigenvalue weighted by Gasteiger charge is 2.45. The molecule has 118 valence electrons. The number of hydrogen-bond donors (Lipinski definition) is 1. The van der Waals surface area contributed by atoms with E-state index < -0.39 is 31.6 Å². The summed E-state index contributed by atoms with van der Waals surface area (Å²) in [6.07, 6.45) is 2.17.